The van der Waals surface area contributed by atoms with E-state index >= 15 is 19.2 Å². The van der Waals surface area contributed by atoms with Gasteiger partial charge in [0.2, 0.25) is 0 Å². The molecule has 13 rings (SSSR count). The standard InChI is InChI=1S/C72H62N6O16S4/c1-35(2)45-11-9-12-46(36(3)4)67(45)77-69(79)53-30-28-52-62-58(50-26-24-44(96(85,86)94-74)32-56(50)40-17-22-43(23-18-40)95(83,84)93-73)34-60-64-54(70(80)78(72(60)82)68-47(37(5)6)13-10-14-48(68)38(7)8)29-27-51(66(62)64)61-57(33-59(71(77)81)63(53)65(52)61)49-25-21-42(76-98(90,91)92)31-55(49)39-15-19-41(20-16-39)75-97(87,88)89/h9-38,75-76H,73-74H2,1-8H3,(H,87,88,89)(H,90,91,92). The Labute approximate surface area is 564 Å². The maximum atomic E-state index is 16.4. The van der Waals surface area contributed by atoms with Gasteiger partial charge in [-0.15, -0.1) is 0 Å². The molecule has 0 bridgehead atoms. The van der Waals surface area contributed by atoms with Gasteiger partial charge in [-0.3, -0.25) is 37.7 Å². The largest absolute Gasteiger partial charge is 0.357 e. The Balaban J connectivity index is 1.25. The number of amides is 4. The summed E-state index contributed by atoms with van der Waals surface area (Å²) in [6.45, 7) is 15.6. The number of anilines is 4. The molecule has 0 saturated heterocycles. The predicted molar refractivity (Wildman–Crippen MR) is 376 cm³/mol. The van der Waals surface area contributed by atoms with Crippen molar-refractivity contribution in [2.45, 2.75) is 88.9 Å². The maximum Gasteiger partial charge on any atom is 0.357 e. The average Bonchev–Trinajstić information content (AvgIpc) is 0.674. The number of nitrogens with one attached hydrogen (secondary N) is 2. The molecule has 0 atom stereocenters. The molecule has 0 unspecified atom stereocenters. The highest BCUT2D eigenvalue weighted by Crippen LogP contribution is 2.55. The molecule has 0 radical (unpaired) electrons. The number of benzene rings is 11. The van der Waals surface area contributed by atoms with Crippen LogP contribution >= 0.6 is 0 Å². The lowest BCUT2D eigenvalue weighted by Gasteiger charge is -2.34. The fraction of sp³-hybridized carbons (Fsp3) is 0.167. The lowest BCUT2D eigenvalue weighted by atomic mass is 9.76. The summed E-state index contributed by atoms with van der Waals surface area (Å²) >= 11 is 0. The number of nitrogens with two attached hydrogens (primary N) is 2. The van der Waals surface area contributed by atoms with Gasteiger partial charge in [-0.2, -0.15) is 54.0 Å². The number of para-hydroxylation sites is 2. The highest BCUT2D eigenvalue weighted by atomic mass is 32.2. The molecule has 11 aromatic rings. The highest BCUT2D eigenvalue weighted by Gasteiger charge is 2.43. The van der Waals surface area contributed by atoms with Crippen molar-refractivity contribution in [2.24, 2.45) is 11.8 Å². The van der Waals surface area contributed by atoms with Gasteiger partial charge in [0.1, 0.15) is 0 Å². The van der Waals surface area contributed by atoms with E-state index in [1.807, 2.05) is 96.5 Å². The fourth-order valence-corrected chi connectivity index (χ4v) is 16.0. The number of fused-ring (bicyclic) bond motifs is 2. The van der Waals surface area contributed by atoms with E-state index in [9.17, 15) is 42.8 Å². The van der Waals surface area contributed by atoms with Crippen LogP contribution in [0.4, 0.5) is 22.7 Å². The number of carbonyl (C=O) groups excluding carboxylic acids is 4. The molecule has 22 nitrogen and oxygen atoms in total. The summed E-state index contributed by atoms with van der Waals surface area (Å²) in [5.74, 6) is 7.00. The predicted octanol–water partition coefficient (Wildman–Crippen LogP) is 14.1. The molecule has 0 aliphatic carbocycles. The van der Waals surface area contributed by atoms with Crippen molar-refractivity contribution >= 4 is 130 Å². The second kappa shape index (κ2) is 24.0. The highest BCUT2D eigenvalue weighted by molar-refractivity contribution is 7.87. The second-order valence-electron chi connectivity index (χ2n) is 25.4. The van der Waals surface area contributed by atoms with Gasteiger partial charge in [0.05, 0.1) is 32.5 Å². The van der Waals surface area contributed by atoms with Gasteiger partial charge in [-0.25, -0.2) is 9.80 Å². The summed E-state index contributed by atoms with van der Waals surface area (Å²) in [5.41, 5.74) is 5.48. The summed E-state index contributed by atoms with van der Waals surface area (Å²) < 4.78 is 136. The first-order valence-corrected chi connectivity index (χ1v) is 36.5. The van der Waals surface area contributed by atoms with Crippen molar-refractivity contribution in [2.75, 3.05) is 19.2 Å². The SMILES string of the molecule is CC(C)c1cccc(C(C)C)c1N1C(=O)c2ccc3c4c(-c5ccc(S(=O)(=O)ON)cc5-c5ccc(S(=O)(=O)ON)cc5)cc5c6c(ccc(c7c(-c8ccc(NS(=O)(=O)O)cc8-c8ccc(NS(=O)(=O)O)cc8)cc(c2c37)C1=O)c64)C(=O)N(c1c(C(C)C)cccc1C(C)C)C5=O. The third-order valence-corrected chi connectivity index (χ3v) is 21.4. The zero-order valence-corrected chi connectivity index (χ0v) is 56.9. The summed E-state index contributed by atoms with van der Waals surface area (Å²) in [7, 11) is -18.9. The van der Waals surface area contributed by atoms with E-state index in [2.05, 4.69) is 13.3 Å². The summed E-state index contributed by atoms with van der Waals surface area (Å²) in [6.07, 6.45) is 0. The van der Waals surface area contributed by atoms with Crippen LogP contribution in [-0.2, 0) is 49.4 Å². The van der Waals surface area contributed by atoms with Crippen LogP contribution in [0.25, 0.3) is 87.6 Å². The minimum Gasteiger partial charge on any atom is -0.269 e. The van der Waals surface area contributed by atoms with Crippen molar-refractivity contribution in [3.8, 4) is 44.5 Å². The molecule has 2 aliphatic rings. The summed E-state index contributed by atoms with van der Waals surface area (Å²) in [4.78, 5) is 66.3. The van der Waals surface area contributed by atoms with Crippen LogP contribution in [0.15, 0.2) is 168 Å². The molecule has 0 spiro atoms. The first-order chi connectivity index (χ1) is 46.2. The average molecular weight is 1400 g/mol. The van der Waals surface area contributed by atoms with Crippen LogP contribution in [0, 0.1) is 0 Å². The normalized spacial score (nSPS) is 13.9. The van der Waals surface area contributed by atoms with Gasteiger partial charge in [0.15, 0.2) is 0 Å². The number of hydrogen-bond acceptors (Lipinski definition) is 16. The third-order valence-electron chi connectivity index (χ3n) is 18.2. The van der Waals surface area contributed by atoms with Crippen molar-refractivity contribution in [3.63, 3.8) is 0 Å². The zero-order valence-electron chi connectivity index (χ0n) is 53.6. The van der Waals surface area contributed by atoms with Gasteiger partial charge < -0.3 is 0 Å². The van der Waals surface area contributed by atoms with Gasteiger partial charge in [-0.05, 0) is 196 Å². The lowest BCUT2D eigenvalue weighted by molar-refractivity contribution is 0.0877. The van der Waals surface area contributed by atoms with Crippen molar-refractivity contribution in [1.82, 2.24) is 0 Å². The lowest BCUT2D eigenvalue weighted by Crippen LogP contribution is -2.42. The van der Waals surface area contributed by atoms with Crippen LogP contribution < -0.4 is 31.0 Å². The molecule has 98 heavy (non-hydrogen) atoms. The Hall–Kier alpha value is -9.84. The summed E-state index contributed by atoms with van der Waals surface area (Å²) in [6, 6.07) is 40.1. The van der Waals surface area contributed by atoms with Crippen LogP contribution in [0.3, 0.4) is 0 Å². The molecule has 11 aromatic carbocycles. The van der Waals surface area contributed by atoms with E-state index in [1.165, 1.54) is 88.7 Å². The Bertz CT molecular complexity index is 5750. The van der Waals surface area contributed by atoms with E-state index in [4.69, 9.17) is 11.8 Å². The minimum absolute atomic E-state index is 0.0132. The molecule has 26 heteroatoms. The van der Waals surface area contributed by atoms with Crippen LogP contribution in [-0.4, -0.2) is 66.4 Å². The molecule has 2 aliphatic heterocycles. The van der Waals surface area contributed by atoms with Crippen LogP contribution in [0.1, 0.15) is 143 Å². The van der Waals surface area contributed by atoms with Gasteiger partial charge in [-0.1, -0.05) is 140 Å². The smallest absolute Gasteiger partial charge is 0.269 e. The Morgan fingerprint density at radius 3 is 1.08 bits per heavy atom. The Morgan fingerprint density at radius 1 is 0.347 bits per heavy atom. The maximum absolute atomic E-state index is 16.4. The molecular formula is C72H62N6O16S4. The quantitative estimate of drug-likeness (QED) is 0.0153. The van der Waals surface area contributed by atoms with Crippen molar-refractivity contribution in [1.29, 1.82) is 0 Å². The monoisotopic (exact) mass is 1390 g/mol. The first kappa shape index (κ1) is 66.8. The van der Waals surface area contributed by atoms with E-state index in [-0.39, 0.29) is 112 Å². The van der Waals surface area contributed by atoms with Gasteiger partial charge >= 0.3 is 40.8 Å². The van der Waals surface area contributed by atoms with E-state index in [1.54, 1.807) is 42.5 Å². The zero-order chi connectivity index (χ0) is 70.3. The molecular weight excluding hydrogens is 1330 g/mol. The molecule has 2 heterocycles. The number of rotatable bonds is 18. The fourth-order valence-electron chi connectivity index (χ4n) is 14.0. The first-order valence-electron chi connectivity index (χ1n) is 30.8. The minimum atomic E-state index is -4.94. The molecule has 4 amide bonds. The van der Waals surface area contributed by atoms with E-state index < -0.39 is 69.4 Å². The van der Waals surface area contributed by atoms with Crippen molar-refractivity contribution in [3.05, 3.63) is 202 Å². The molecule has 8 N–H and O–H groups in total. The molecule has 0 saturated carbocycles. The van der Waals surface area contributed by atoms with Gasteiger partial charge in [0.25, 0.3) is 23.6 Å². The van der Waals surface area contributed by atoms with Gasteiger partial charge in [0, 0.05) is 33.0 Å². The Morgan fingerprint density at radius 2 is 0.684 bits per heavy atom. The van der Waals surface area contributed by atoms with E-state index in [0.29, 0.717) is 71.5 Å². The van der Waals surface area contributed by atoms with Crippen molar-refractivity contribution < 1.29 is 70.5 Å². The third kappa shape index (κ3) is 11.0. The number of hydrogen-bond donors (Lipinski definition) is 6. The second-order valence-corrected chi connectivity index (χ2v) is 30.9. The van der Waals surface area contributed by atoms with Crippen LogP contribution in [0.5, 0.6) is 0 Å². The number of nitrogens with zero attached hydrogens (tertiary/aromatic N) is 2. The molecule has 0 aromatic heterocycles. The number of carbonyl (C=O) groups is 4. The van der Waals surface area contributed by atoms with Crippen LogP contribution in [0.2, 0.25) is 0 Å². The molecule has 500 valence electrons. The van der Waals surface area contributed by atoms with E-state index in [0.717, 1.165) is 0 Å². The molecule has 0 fully saturated rings. The number of imide groups is 2. The topological polar surface area (TPSA) is 346 Å². The Kier molecular flexibility index (Phi) is 16.4. The summed E-state index contributed by atoms with van der Waals surface area (Å²) in [5, 5.41) is 2.36.